The monoisotopic (exact) mass is 546 g/mol. The fourth-order valence-corrected chi connectivity index (χ4v) is 5.78. The SMILES string of the molecule is CC(=O)O.COc1ccc(NS(=O)c2cc(-c3sc(NC(=O)C4CCCC4)nc3C)ccc2OC)cn1. The minimum Gasteiger partial charge on any atom is -0.495 e. The largest absolute Gasteiger partial charge is 0.495 e. The molecule has 12 heteroatoms. The van der Waals surface area contributed by atoms with Gasteiger partial charge in [-0.25, -0.2) is 14.2 Å². The number of anilines is 2. The number of carbonyl (C=O) groups is 2. The first-order chi connectivity index (χ1) is 17.7. The van der Waals surface area contributed by atoms with Crippen molar-refractivity contribution in [3.63, 3.8) is 0 Å². The smallest absolute Gasteiger partial charge is 0.300 e. The van der Waals surface area contributed by atoms with E-state index in [9.17, 15) is 9.00 Å². The Labute approximate surface area is 222 Å². The van der Waals surface area contributed by atoms with Crippen LogP contribution in [0.2, 0.25) is 0 Å². The number of rotatable bonds is 8. The molecule has 1 atom stereocenters. The standard InChI is InChI=1S/C23H26N4O4S2.C2H4O2/c1-14-21(32-23(25-14)26-22(28)15-6-4-5-7-15)16-8-10-18(30-2)19(12-16)33(29)27-17-9-11-20(31-3)24-13-17;1-2(3)4/h8-13,15,27H,4-7H2,1-3H3,(H,25,26,28);1H3,(H,3,4). The van der Waals surface area contributed by atoms with E-state index in [2.05, 4.69) is 20.0 Å². The molecule has 0 spiro atoms. The lowest BCUT2D eigenvalue weighted by atomic mass is 10.1. The number of hydrogen-bond acceptors (Lipinski definition) is 8. The number of amides is 1. The molecule has 198 valence electrons. The molecule has 4 rings (SSSR count). The van der Waals surface area contributed by atoms with Crippen molar-refractivity contribution in [3.8, 4) is 22.1 Å². The number of aromatic nitrogens is 2. The number of hydrogen-bond donors (Lipinski definition) is 3. The van der Waals surface area contributed by atoms with Crippen molar-refractivity contribution < 1.29 is 28.4 Å². The third kappa shape index (κ3) is 7.73. The van der Waals surface area contributed by atoms with Crippen molar-refractivity contribution >= 4 is 45.0 Å². The zero-order chi connectivity index (χ0) is 26.9. The lowest BCUT2D eigenvalue weighted by molar-refractivity contribution is -0.134. The van der Waals surface area contributed by atoms with Crippen LogP contribution in [0.3, 0.4) is 0 Å². The maximum Gasteiger partial charge on any atom is 0.300 e. The van der Waals surface area contributed by atoms with Crippen molar-refractivity contribution in [2.45, 2.75) is 44.4 Å². The van der Waals surface area contributed by atoms with Crippen molar-refractivity contribution in [1.29, 1.82) is 0 Å². The molecule has 10 nitrogen and oxygen atoms in total. The van der Waals surface area contributed by atoms with Crippen LogP contribution >= 0.6 is 11.3 Å². The van der Waals surface area contributed by atoms with Gasteiger partial charge in [0.2, 0.25) is 11.8 Å². The number of methoxy groups -OCH3 is 2. The fraction of sp³-hybridized carbons (Fsp3) is 0.360. The van der Waals surface area contributed by atoms with Crippen LogP contribution in [0, 0.1) is 12.8 Å². The molecule has 3 aromatic rings. The van der Waals surface area contributed by atoms with E-state index in [-0.39, 0.29) is 11.8 Å². The highest BCUT2D eigenvalue weighted by atomic mass is 32.2. The lowest BCUT2D eigenvalue weighted by Gasteiger charge is -2.12. The summed E-state index contributed by atoms with van der Waals surface area (Å²) in [5.41, 5.74) is 2.24. The minimum absolute atomic E-state index is 0.0432. The normalized spacial score (nSPS) is 13.7. The van der Waals surface area contributed by atoms with Crippen LogP contribution in [0.25, 0.3) is 10.4 Å². The third-order valence-corrected chi connectivity index (χ3v) is 7.80. The predicted octanol–water partition coefficient (Wildman–Crippen LogP) is 4.89. The van der Waals surface area contributed by atoms with Gasteiger partial charge in [-0.3, -0.25) is 14.3 Å². The number of pyridine rings is 1. The number of carbonyl (C=O) groups excluding carboxylic acids is 1. The number of carboxylic acids is 1. The molecule has 1 unspecified atom stereocenters. The summed E-state index contributed by atoms with van der Waals surface area (Å²) in [5.74, 6) is 0.262. The lowest BCUT2D eigenvalue weighted by Crippen LogP contribution is -2.20. The van der Waals surface area contributed by atoms with Crippen LogP contribution < -0.4 is 19.5 Å². The predicted molar refractivity (Wildman–Crippen MR) is 144 cm³/mol. The number of ether oxygens (including phenoxy) is 2. The second kappa shape index (κ2) is 13.2. The number of nitrogens with one attached hydrogen (secondary N) is 2. The fourth-order valence-electron chi connectivity index (χ4n) is 3.80. The molecule has 0 radical (unpaired) electrons. The Hall–Kier alpha value is -3.51. The molecular formula is C25H30N4O6S2. The maximum absolute atomic E-state index is 13.1. The van der Waals surface area contributed by atoms with Gasteiger partial charge in [-0.2, -0.15) is 0 Å². The molecule has 2 aromatic heterocycles. The highest BCUT2D eigenvalue weighted by molar-refractivity contribution is 7.86. The number of thiazole rings is 1. The van der Waals surface area contributed by atoms with Crippen molar-refractivity contribution in [2.24, 2.45) is 5.92 Å². The molecule has 37 heavy (non-hydrogen) atoms. The number of aryl methyl sites for hydroxylation is 1. The molecule has 1 amide bonds. The summed E-state index contributed by atoms with van der Waals surface area (Å²) in [4.78, 5) is 31.6. The zero-order valence-corrected chi connectivity index (χ0v) is 22.7. The van der Waals surface area contributed by atoms with Crippen molar-refractivity contribution in [1.82, 2.24) is 9.97 Å². The van der Waals surface area contributed by atoms with Crippen LogP contribution in [-0.2, 0) is 20.6 Å². The van der Waals surface area contributed by atoms with Crippen LogP contribution in [-0.4, -0.2) is 45.4 Å². The van der Waals surface area contributed by atoms with Crippen LogP contribution in [0.15, 0.2) is 41.4 Å². The average Bonchev–Trinajstić information content (AvgIpc) is 3.54. The van der Waals surface area contributed by atoms with E-state index in [1.165, 1.54) is 18.4 Å². The maximum atomic E-state index is 13.1. The van der Waals surface area contributed by atoms with E-state index in [0.717, 1.165) is 48.7 Å². The van der Waals surface area contributed by atoms with Crippen LogP contribution in [0.1, 0.15) is 38.3 Å². The van der Waals surface area contributed by atoms with Crippen molar-refractivity contribution in [3.05, 3.63) is 42.2 Å². The average molecular weight is 547 g/mol. The van der Waals surface area contributed by atoms with Gasteiger partial charge in [-0.15, -0.1) is 0 Å². The van der Waals surface area contributed by atoms with Gasteiger partial charge in [0.1, 0.15) is 10.6 Å². The molecule has 0 saturated heterocycles. The summed E-state index contributed by atoms with van der Waals surface area (Å²) >= 11 is 1.41. The Morgan fingerprint density at radius 1 is 1.14 bits per heavy atom. The Morgan fingerprint density at radius 2 is 1.84 bits per heavy atom. The van der Waals surface area contributed by atoms with Crippen LogP contribution in [0.4, 0.5) is 10.8 Å². The van der Waals surface area contributed by atoms with Gasteiger partial charge in [0, 0.05) is 18.9 Å². The molecular weight excluding hydrogens is 516 g/mol. The molecule has 0 aliphatic heterocycles. The van der Waals surface area contributed by atoms with Gasteiger partial charge in [-0.1, -0.05) is 24.2 Å². The molecule has 0 bridgehead atoms. The van der Waals surface area contributed by atoms with E-state index < -0.39 is 17.0 Å². The second-order valence-electron chi connectivity index (χ2n) is 8.25. The first kappa shape index (κ1) is 28.1. The first-order valence-electron chi connectivity index (χ1n) is 11.6. The summed E-state index contributed by atoms with van der Waals surface area (Å²) in [7, 11) is 1.49. The van der Waals surface area contributed by atoms with E-state index in [1.807, 2.05) is 19.1 Å². The van der Waals surface area contributed by atoms with Gasteiger partial charge in [0.15, 0.2) is 16.1 Å². The van der Waals surface area contributed by atoms with E-state index >= 15 is 0 Å². The number of carboxylic acid groups (broad SMARTS) is 1. The quantitative estimate of drug-likeness (QED) is 0.363. The Morgan fingerprint density at radius 3 is 2.43 bits per heavy atom. The second-order valence-corrected chi connectivity index (χ2v) is 10.4. The molecule has 3 N–H and O–H groups in total. The topological polar surface area (TPSA) is 140 Å². The van der Waals surface area contributed by atoms with Crippen molar-refractivity contribution in [2.75, 3.05) is 24.3 Å². The highest BCUT2D eigenvalue weighted by Crippen LogP contribution is 2.37. The Bertz CT molecular complexity index is 1250. The van der Waals surface area contributed by atoms with Gasteiger partial charge in [-0.05, 0) is 49.6 Å². The highest BCUT2D eigenvalue weighted by Gasteiger charge is 2.24. The summed E-state index contributed by atoms with van der Waals surface area (Å²) in [6.07, 6.45) is 5.64. The van der Waals surface area contributed by atoms with E-state index in [1.54, 1.807) is 31.5 Å². The van der Waals surface area contributed by atoms with Gasteiger partial charge in [0.05, 0.1) is 36.7 Å². The van der Waals surface area contributed by atoms with Gasteiger partial charge >= 0.3 is 0 Å². The number of benzene rings is 1. The Kier molecular flexibility index (Phi) is 9.98. The summed E-state index contributed by atoms with van der Waals surface area (Å²) < 4.78 is 26.6. The molecule has 1 aromatic carbocycles. The van der Waals surface area contributed by atoms with E-state index in [4.69, 9.17) is 19.4 Å². The van der Waals surface area contributed by atoms with Crippen LogP contribution in [0.5, 0.6) is 11.6 Å². The molecule has 2 heterocycles. The summed E-state index contributed by atoms with van der Waals surface area (Å²) in [6.45, 7) is 2.99. The number of aliphatic carboxylic acids is 1. The van der Waals surface area contributed by atoms with E-state index in [0.29, 0.717) is 27.3 Å². The summed E-state index contributed by atoms with van der Waals surface area (Å²) in [5, 5.41) is 11.0. The van der Waals surface area contributed by atoms with Gasteiger partial charge in [0.25, 0.3) is 5.97 Å². The molecule has 1 saturated carbocycles. The summed E-state index contributed by atoms with van der Waals surface area (Å²) in [6, 6.07) is 8.94. The third-order valence-electron chi connectivity index (χ3n) is 5.53. The Balaban J connectivity index is 0.000000886. The molecule has 1 aliphatic rings. The molecule has 1 fully saturated rings. The van der Waals surface area contributed by atoms with Gasteiger partial charge < -0.3 is 19.9 Å². The molecule has 1 aliphatic carbocycles. The number of nitrogens with zero attached hydrogens (tertiary/aromatic N) is 2. The minimum atomic E-state index is -1.59. The zero-order valence-electron chi connectivity index (χ0n) is 21.1. The first-order valence-corrected chi connectivity index (χ1v) is 13.5.